The van der Waals surface area contributed by atoms with Crippen LogP contribution in [-0.2, 0) is 0 Å². The molecule has 0 fully saturated rings. The van der Waals surface area contributed by atoms with E-state index in [1.165, 1.54) is 18.0 Å². The molecule has 96 valence electrons. The van der Waals surface area contributed by atoms with Crippen LogP contribution in [0.2, 0.25) is 0 Å². The summed E-state index contributed by atoms with van der Waals surface area (Å²) in [5.41, 5.74) is 0. The third-order valence-corrected chi connectivity index (χ3v) is 1.05. The molecule has 0 saturated heterocycles. The summed E-state index contributed by atoms with van der Waals surface area (Å²) in [6.07, 6.45) is 0. The van der Waals surface area contributed by atoms with Crippen LogP contribution in [0.3, 0.4) is 0 Å². The van der Waals surface area contributed by atoms with E-state index >= 15 is 0 Å². The Morgan fingerprint density at radius 2 is 0.762 bits per heavy atom. The minimum absolute atomic E-state index is 0. The topological polar surface area (TPSA) is 237 Å². The van der Waals surface area contributed by atoms with E-state index in [2.05, 4.69) is 29.9 Å². The van der Waals surface area contributed by atoms with Crippen LogP contribution >= 0.6 is 0 Å². The fourth-order valence-corrected chi connectivity index (χ4v) is 0.627. The molecule has 1 heterocycles. The summed E-state index contributed by atoms with van der Waals surface area (Å²) < 4.78 is 0. The molecule has 12 nitrogen and oxygen atoms in total. The first kappa shape index (κ1) is 37.3. The normalized spacial score (nSPS) is 5.71. The van der Waals surface area contributed by atoms with Gasteiger partial charge in [0.1, 0.15) is 0 Å². The van der Waals surface area contributed by atoms with Gasteiger partial charge in [-0.15, -0.1) is 18.0 Å². The van der Waals surface area contributed by atoms with Gasteiger partial charge in [0.15, 0.2) is 17.8 Å². The largest absolute Gasteiger partial charge is 1.00 e. The van der Waals surface area contributed by atoms with Crippen molar-refractivity contribution in [2.45, 2.75) is 0 Å². The maximum absolute atomic E-state index is 8.25. The molecule has 21 heavy (non-hydrogen) atoms. The zero-order valence-corrected chi connectivity index (χ0v) is 17.5. The van der Waals surface area contributed by atoms with Crippen LogP contribution in [0.1, 0.15) is 0 Å². The Hall–Kier alpha value is 0.0300. The van der Waals surface area contributed by atoms with E-state index in [1.807, 2.05) is 0 Å². The maximum Gasteiger partial charge on any atom is 1.00 e. The van der Waals surface area contributed by atoms with E-state index in [4.69, 9.17) is 16.2 Å². The first-order valence-electron chi connectivity index (χ1n) is 3.35. The smallest absolute Gasteiger partial charge is 0.422 e. The van der Waals surface area contributed by atoms with Crippen molar-refractivity contribution in [1.82, 2.24) is 15.0 Å². The first-order valence-corrected chi connectivity index (χ1v) is 3.35. The van der Waals surface area contributed by atoms with E-state index in [0.717, 1.165) is 0 Å². The summed E-state index contributed by atoms with van der Waals surface area (Å²) in [5.74, 6) is -0.762. The van der Waals surface area contributed by atoms with Gasteiger partial charge in [0.05, 0.1) is 0 Å². The van der Waals surface area contributed by atoms with Crippen molar-refractivity contribution in [3.63, 3.8) is 0 Å². The predicted octanol–water partition coefficient (Wildman–Crippen LogP) is -10.5. The second kappa shape index (κ2) is 22.3. The molecule has 0 saturated carbocycles. The number of aliphatic imine (C=N–C) groups is 3. The molecule has 1 rings (SSSR count). The van der Waals surface area contributed by atoms with E-state index in [-0.39, 0.29) is 123 Å². The van der Waals surface area contributed by atoms with Crippen molar-refractivity contribution in [2.24, 2.45) is 15.0 Å². The summed E-state index contributed by atoms with van der Waals surface area (Å²) >= 11 is 0. The van der Waals surface area contributed by atoms with Gasteiger partial charge < -0.3 is 47.6 Å². The third-order valence-electron chi connectivity index (χ3n) is 1.05. The van der Waals surface area contributed by atoms with E-state index in [0.29, 0.717) is 0 Å². The standard InChI is InChI=1S/C6N9.3Na.3H2O/c7-1-10-4-13-5(11-2-8)15-6(14-4)12-3-9;;;;;;/h;;;;3*1H2/q-3;3*+1;;;. The molecule has 0 aromatic carbocycles. The molecule has 1 aromatic rings. The van der Waals surface area contributed by atoms with Crippen LogP contribution in [0.4, 0.5) is 17.8 Å². The van der Waals surface area contributed by atoms with E-state index in [9.17, 15) is 0 Å². The Labute approximate surface area is 185 Å². The average molecular weight is 321 g/mol. The Kier molecular flexibility index (Phi) is 39.7. The Balaban J connectivity index is -0.0000000937. The zero-order valence-electron chi connectivity index (χ0n) is 11.5. The van der Waals surface area contributed by atoms with Crippen molar-refractivity contribution >= 4 is 35.9 Å². The van der Waals surface area contributed by atoms with E-state index in [1.54, 1.807) is 0 Å². The van der Waals surface area contributed by atoms with Crippen LogP contribution in [0.15, 0.2) is 15.0 Å². The summed E-state index contributed by atoms with van der Waals surface area (Å²) in [7, 11) is 0. The van der Waals surface area contributed by atoms with Gasteiger partial charge >= 0.3 is 88.7 Å². The molecular formula is C6H6N9Na3O3. The molecule has 0 amide bonds. The van der Waals surface area contributed by atoms with Gasteiger partial charge in [0.25, 0.3) is 0 Å². The van der Waals surface area contributed by atoms with Crippen molar-refractivity contribution in [3.8, 4) is 0 Å². The molecule has 0 aliphatic carbocycles. The molecule has 1 aromatic heterocycles. The monoisotopic (exact) mass is 321 g/mol. The fourth-order valence-electron chi connectivity index (χ4n) is 0.627. The predicted molar refractivity (Wildman–Crippen MR) is 62.0 cm³/mol. The number of hydrogen-bond donors (Lipinski definition) is 0. The molecule has 0 radical (unpaired) electrons. The number of aromatic nitrogens is 3. The van der Waals surface area contributed by atoms with Crippen LogP contribution in [0.25, 0.3) is 16.2 Å². The zero-order chi connectivity index (χ0) is 11.1. The third kappa shape index (κ3) is 14.7. The van der Waals surface area contributed by atoms with Gasteiger partial charge in [-0.3, -0.25) is 0 Å². The number of rotatable bonds is 3. The number of nitrogens with zero attached hydrogens (tertiary/aromatic N) is 9. The summed E-state index contributed by atoms with van der Waals surface area (Å²) in [6.45, 7) is 0. The van der Waals surface area contributed by atoms with Gasteiger partial charge in [-0.25, -0.2) is 15.0 Å². The van der Waals surface area contributed by atoms with Crippen molar-refractivity contribution in [3.05, 3.63) is 16.2 Å². The molecular weight excluding hydrogens is 315 g/mol. The van der Waals surface area contributed by atoms with Gasteiger partial charge in [0.2, 0.25) is 0 Å². The molecule has 0 aliphatic heterocycles. The first-order chi connectivity index (χ1) is 7.30. The quantitative estimate of drug-likeness (QED) is 0.389. The average Bonchev–Trinajstić information content (AvgIpc) is 2.19. The van der Waals surface area contributed by atoms with E-state index < -0.39 is 0 Å². The van der Waals surface area contributed by atoms with Gasteiger partial charge in [-0.05, 0) is 0 Å². The van der Waals surface area contributed by atoms with Crippen molar-refractivity contribution in [1.29, 1.82) is 0 Å². The Bertz CT molecular complexity index is 449. The SMILES string of the molecule is O.O.O.[N-]=C=Nc1nc(N=C=[N-])nc(N=C=[N-])n1.[Na+].[Na+].[Na+]. The minimum atomic E-state index is -0.254. The second-order valence-corrected chi connectivity index (χ2v) is 1.87. The Morgan fingerprint density at radius 1 is 0.571 bits per heavy atom. The van der Waals surface area contributed by atoms with Gasteiger partial charge in [-0.1, -0.05) is 0 Å². The van der Waals surface area contributed by atoms with Gasteiger partial charge in [0, 0.05) is 0 Å². The molecule has 0 bridgehead atoms. The summed E-state index contributed by atoms with van der Waals surface area (Å²) in [4.78, 5) is 20.2. The Morgan fingerprint density at radius 3 is 0.905 bits per heavy atom. The fraction of sp³-hybridized carbons (Fsp3) is 0. The van der Waals surface area contributed by atoms with Crippen LogP contribution in [-0.4, -0.2) is 49.4 Å². The summed E-state index contributed by atoms with van der Waals surface area (Å²) in [6, 6.07) is 4.34. The molecule has 15 heteroatoms. The molecule has 0 unspecified atom stereocenters. The van der Waals surface area contributed by atoms with Gasteiger partial charge in [-0.2, -0.15) is 0 Å². The second-order valence-electron chi connectivity index (χ2n) is 1.87. The van der Waals surface area contributed by atoms with Crippen LogP contribution < -0.4 is 88.7 Å². The van der Waals surface area contributed by atoms with Crippen molar-refractivity contribution in [2.75, 3.05) is 0 Å². The summed E-state index contributed by atoms with van der Waals surface area (Å²) in [5, 5.41) is 24.8. The van der Waals surface area contributed by atoms with Crippen LogP contribution in [0, 0.1) is 0 Å². The molecule has 0 spiro atoms. The molecule has 0 aliphatic rings. The van der Waals surface area contributed by atoms with Crippen molar-refractivity contribution < 1.29 is 105 Å². The maximum atomic E-state index is 8.25. The molecule has 6 N–H and O–H groups in total. The van der Waals surface area contributed by atoms with Crippen LogP contribution in [0.5, 0.6) is 0 Å². The number of hydrogen-bond acceptors (Lipinski definition) is 6. The minimum Gasteiger partial charge on any atom is -0.422 e. The molecule has 0 atom stereocenters.